The number of furan rings is 1. The van der Waals surface area contributed by atoms with E-state index in [9.17, 15) is 4.79 Å². The van der Waals surface area contributed by atoms with Gasteiger partial charge < -0.3 is 9.73 Å². The third kappa shape index (κ3) is 2.15. The van der Waals surface area contributed by atoms with Crippen molar-refractivity contribution in [3.05, 3.63) is 65.7 Å². The van der Waals surface area contributed by atoms with Crippen molar-refractivity contribution in [3.63, 3.8) is 0 Å². The monoisotopic (exact) mass is 270 g/mol. The van der Waals surface area contributed by atoms with Crippen molar-refractivity contribution < 1.29 is 9.21 Å². The summed E-state index contributed by atoms with van der Waals surface area (Å²) in [6.45, 7) is 0. The maximum atomic E-state index is 11.9. The van der Waals surface area contributed by atoms with Gasteiger partial charge in [0.2, 0.25) is 0 Å². The summed E-state index contributed by atoms with van der Waals surface area (Å²) >= 11 is 4.96. The second-order valence-corrected chi connectivity index (χ2v) is 4.41. The normalized spacial score (nSPS) is 17.1. The van der Waals surface area contributed by atoms with Crippen molar-refractivity contribution in [2.24, 2.45) is 0 Å². The molecule has 1 aliphatic heterocycles. The molecule has 0 aliphatic carbocycles. The van der Waals surface area contributed by atoms with E-state index in [-0.39, 0.29) is 5.91 Å². The molecule has 1 aliphatic rings. The van der Waals surface area contributed by atoms with Crippen LogP contribution < -0.4 is 10.6 Å². The molecule has 19 heavy (non-hydrogen) atoms. The third-order valence-corrected chi connectivity index (χ3v) is 2.98. The van der Waals surface area contributed by atoms with E-state index in [1.54, 1.807) is 12.3 Å². The van der Waals surface area contributed by atoms with Gasteiger partial charge in [-0.25, -0.2) is 0 Å². The minimum Gasteiger partial charge on any atom is -0.464 e. The first-order valence-corrected chi connectivity index (χ1v) is 6.12. The molecule has 0 spiro atoms. The van der Waals surface area contributed by atoms with Crippen LogP contribution >= 0.6 is 12.2 Å². The van der Waals surface area contributed by atoms with E-state index in [0.717, 1.165) is 5.56 Å². The van der Waals surface area contributed by atoms with Gasteiger partial charge in [-0.3, -0.25) is 10.1 Å². The SMILES string of the molecule is O=C1NC(=S)NC1=C(c1ccccc1)c1ccco1. The van der Waals surface area contributed by atoms with Crippen LogP contribution in [0.25, 0.3) is 5.57 Å². The lowest BCUT2D eigenvalue weighted by Crippen LogP contribution is -2.21. The fourth-order valence-corrected chi connectivity index (χ4v) is 2.17. The number of nitrogens with one attached hydrogen (secondary N) is 2. The van der Waals surface area contributed by atoms with E-state index in [2.05, 4.69) is 10.6 Å². The molecule has 3 rings (SSSR count). The number of benzene rings is 1. The average Bonchev–Trinajstić information content (AvgIpc) is 3.03. The lowest BCUT2D eigenvalue weighted by molar-refractivity contribution is -0.115. The Hall–Kier alpha value is -2.40. The molecule has 0 bridgehead atoms. The molecular weight excluding hydrogens is 260 g/mol. The van der Waals surface area contributed by atoms with Gasteiger partial charge in [0.15, 0.2) is 5.11 Å². The van der Waals surface area contributed by atoms with Crippen molar-refractivity contribution in [3.8, 4) is 0 Å². The highest BCUT2D eigenvalue weighted by molar-refractivity contribution is 7.80. The first-order chi connectivity index (χ1) is 9.25. The number of hydrogen-bond acceptors (Lipinski definition) is 3. The van der Waals surface area contributed by atoms with Crippen LogP contribution in [0.15, 0.2) is 58.8 Å². The van der Waals surface area contributed by atoms with E-state index in [4.69, 9.17) is 16.6 Å². The van der Waals surface area contributed by atoms with Crippen LogP contribution in [0.3, 0.4) is 0 Å². The number of thiocarbonyl (C=S) groups is 1. The first-order valence-electron chi connectivity index (χ1n) is 5.71. The van der Waals surface area contributed by atoms with Gasteiger partial charge in [-0.05, 0) is 29.9 Å². The van der Waals surface area contributed by atoms with Crippen molar-refractivity contribution in [2.75, 3.05) is 0 Å². The summed E-state index contributed by atoms with van der Waals surface area (Å²) in [5.74, 6) is 0.369. The number of hydrogen-bond donors (Lipinski definition) is 2. The fraction of sp³-hybridized carbons (Fsp3) is 0. The quantitative estimate of drug-likeness (QED) is 0.648. The van der Waals surface area contributed by atoms with E-state index in [1.807, 2.05) is 36.4 Å². The molecule has 2 heterocycles. The summed E-state index contributed by atoms with van der Waals surface area (Å²) in [6, 6.07) is 13.2. The lowest BCUT2D eigenvalue weighted by atomic mass is 10.0. The van der Waals surface area contributed by atoms with Crippen LogP contribution in [-0.2, 0) is 4.79 Å². The molecule has 2 aromatic rings. The highest BCUT2D eigenvalue weighted by Crippen LogP contribution is 2.27. The van der Waals surface area contributed by atoms with Crippen molar-refractivity contribution in [1.82, 2.24) is 10.6 Å². The van der Waals surface area contributed by atoms with Gasteiger partial charge in [0.25, 0.3) is 5.91 Å². The zero-order valence-corrected chi connectivity index (χ0v) is 10.7. The van der Waals surface area contributed by atoms with Crippen LogP contribution in [0, 0.1) is 0 Å². The Morgan fingerprint density at radius 3 is 2.42 bits per heavy atom. The minimum atomic E-state index is -0.250. The molecule has 0 unspecified atom stereocenters. The maximum Gasteiger partial charge on any atom is 0.274 e. The standard InChI is InChI=1S/C14H10N2O2S/c17-13-12(15-14(19)16-13)11(10-7-4-8-18-10)9-5-2-1-3-6-9/h1-8H,(H2,15,16,17,19). The Balaban J connectivity index is 2.21. The molecule has 0 radical (unpaired) electrons. The predicted octanol–water partition coefficient (Wildman–Crippen LogP) is 2.04. The van der Waals surface area contributed by atoms with E-state index < -0.39 is 0 Å². The first kappa shape index (κ1) is 11.7. The summed E-state index contributed by atoms with van der Waals surface area (Å²) in [7, 11) is 0. The largest absolute Gasteiger partial charge is 0.464 e. The lowest BCUT2D eigenvalue weighted by Gasteiger charge is -2.07. The third-order valence-electron chi connectivity index (χ3n) is 2.77. The average molecular weight is 270 g/mol. The number of rotatable bonds is 2. The number of carbonyl (C=O) groups excluding carboxylic acids is 1. The molecule has 4 nitrogen and oxygen atoms in total. The van der Waals surface area contributed by atoms with Crippen LogP contribution in [0.2, 0.25) is 0 Å². The topological polar surface area (TPSA) is 54.3 Å². The zero-order valence-electron chi connectivity index (χ0n) is 9.84. The minimum absolute atomic E-state index is 0.250. The molecule has 0 saturated carbocycles. The molecule has 1 aromatic carbocycles. The van der Waals surface area contributed by atoms with Gasteiger partial charge in [0.1, 0.15) is 11.5 Å². The second kappa shape index (κ2) is 4.70. The summed E-state index contributed by atoms with van der Waals surface area (Å²) in [4.78, 5) is 11.9. The van der Waals surface area contributed by atoms with Crippen LogP contribution in [0.5, 0.6) is 0 Å². The molecule has 1 saturated heterocycles. The molecule has 1 amide bonds. The molecule has 94 valence electrons. The summed E-state index contributed by atoms with van der Waals surface area (Å²) in [6.07, 6.45) is 1.57. The highest BCUT2D eigenvalue weighted by Gasteiger charge is 2.26. The Bertz CT molecular complexity index is 660. The van der Waals surface area contributed by atoms with Gasteiger partial charge in [0, 0.05) is 0 Å². The molecule has 1 fully saturated rings. The zero-order chi connectivity index (χ0) is 13.2. The molecule has 0 atom stereocenters. The molecule has 5 heteroatoms. The number of amides is 1. The smallest absolute Gasteiger partial charge is 0.274 e. The van der Waals surface area contributed by atoms with Crippen molar-refractivity contribution in [2.45, 2.75) is 0 Å². The van der Waals surface area contributed by atoms with Crippen LogP contribution in [0.1, 0.15) is 11.3 Å². The second-order valence-electron chi connectivity index (χ2n) is 4.00. The number of carbonyl (C=O) groups is 1. The maximum absolute atomic E-state index is 11.9. The Morgan fingerprint density at radius 2 is 1.84 bits per heavy atom. The van der Waals surface area contributed by atoms with E-state index in [1.165, 1.54) is 0 Å². The highest BCUT2D eigenvalue weighted by atomic mass is 32.1. The summed E-state index contributed by atoms with van der Waals surface area (Å²) < 4.78 is 5.42. The molecule has 1 aromatic heterocycles. The fourth-order valence-electron chi connectivity index (χ4n) is 1.98. The summed E-state index contributed by atoms with van der Waals surface area (Å²) in [5.41, 5.74) is 1.99. The van der Waals surface area contributed by atoms with Gasteiger partial charge in [0.05, 0.1) is 11.8 Å². The van der Waals surface area contributed by atoms with Crippen molar-refractivity contribution >= 4 is 28.8 Å². The van der Waals surface area contributed by atoms with E-state index in [0.29, 0.717) is 22.1 Å². The molecular formula is C14H10N2O2S. The van der Waals surface area contributed by atoms with Gasteiger partial charge >= 0.3 is 0 Å². The Labute approximate surface area is 115 Å². The molecule has 2 N–H and O–H groups in total. The Kier molecular flexibility index (Phi) is 2.89. The summed E-state index contributed by atoms with van der Waals surface area (Å²) in [5, 5.41) is 5.75. The van der Waals surface area contributed by atoms with Crippen LogP contribution in [-0.4, -0.2) is 11.0 Å². The van der Waals surface area contributed by atoms with Gasteiger partial charge in [-0.2, -0.15) is 0 Å². The van der Waals surface area contributed by atoms with Crippen molar-refractivity contribution in [1.29, 1.82) is 0 Å². The van der Waals surface area contributed by atoms with Crippen LogP contribution in [0.4, 0.5) is 0 Å². The van der Waals surface area contributed by atoms with E-state index >= 15 is 0 Å². The van der Waals surface area contributed by atoms with Gasteiger partial charge in [-0.15, -0.1) is 0 Å². The van der Waals surface area contributed by atoms with Gasteiger partial charge in [-0.1, -0.05) is 30.3 Å². The predicted molar refractivity (Wildman–Crippen MR) is 75.0 cm³/mol. The Morgan fingerprint density at radius 1 is 1.05 bits per heavy atom.